The van der Waals surface area contributed by atoms with Crippen molar-refractivity contribution in [2.24, 2.45) is 0 Å². The Morgan fingerprint density at radius 2 is 0.622 bits per heavy atom. The number of fused-ring (bicyclic) bond motifs is 6. The summed E-state index contributed by atoms with van der Waals surface area (Å²) in [4.78, 5) is 0. The smallest absolute Gasteiger partial charge is 0.0541 e. The molecule has 13 aromatic rings. The van der Waals surface area contributed by atoms with Gasteiger partial charge in [0.2, 0.25) is 0 Å². The average molecular weight is 943 g/mol. The fraction of sp³-hybridized carbons (Fsp3) is 0.0278. The summed E-state index contributed by atoms with van der Waals surface area (Å²) < 4.78 is 5.05. The topological polar surface area (TPSA) is 9.86 Å². The zero-order chi connectivity index (χ0) is 49.0. The highest BCUT2D eigenvalue weighted by Gasteiger charge is 2.26. The summed E-state index contributed by atoms with van der Waals surface area (Å²) >= 11 is 0. The lowest BCUT2D eigenvalue weighted by Gasteiger charge is -2.21. The van der Waals surface area contributed by atoms with Crippen LogP contribution in [0, 0.1) is 0 Å². The van der Waals surface area contributed by atoms with Gasteiger partial charge in [-0.15, -0.1) is 0 Å². The molecular weight excluding hydrogens is 893 g/mol. The Balaban J connectivity index is 1.06. The Hall–Kier alpha value is -9.50. The maximum Gasteiger partial charge on any atom is 0.0541 e. The van der Waals surface area contributed by atoms with Gasteiger partial charge in [0.05, 0.1) is 16.6 Å². The average Bonchev–Trinajstić information content (AvgIpc) is 4.02. The highest BCUT2D eigenvalue weighted by atomic mass is 15.0. The first-order chi connectivity index (χ1) is 36.7. The van der Waals surface area contributed by atoms with Gasteiger partial charge in [-0.1, -0.05) is 206 Å². The molecule has 0 radical (unpaired) electrons. The molecule has 1 atom stereocenters. The van der Waals surface area contributed by atoms with Gasteiger partial charge in [0.15, 0.2) is 0 Å². The van der Waals surface area contributed by atoms with E-state index in [0.29, 0.717) is 0 Å². The van der Waals surface area contributed by atoms with E-state index >= 15 is 0 Å². The fourth-order valence-corrected chi connectivity index (χ4v) is 11.6. The van der Waals surface area contributed by atoms with E-state index < -0.39 is 0 Å². The van der Waals surface area contributed by atoms with Crippen LogP contribution in [0.2, 0.25) is 0 Å². The van der Waals surface area contributed by atoms with Gasteiger partial charge in [-0.25, -0.2) is 0 Å². The van der Waals surface area contributed by atoms with Gasteiger partial charge in [0, 0.05) is 39.1 Å². The summed E-state index contributed by atoms with van der Waals surface area (Å²) in [7, 11) is 0. The standard InChI is InChI=1S/C72H50N2/c1-7-19-49(20-8-1)55-31-35-69-65(44-55)66-45-56(50-21-9-2-10-22-50)32-36-70(66)73(69)63-42-62(61-40-59(53-27-15-5-16-28-53)39-60(41-61)54-29-17-6-18-30-54)43-64(48-63)74-71-37-33-57(51-23-11-3-12-24-51)46-67(71)68-47-58(34-38-72(68)74)52-25-13-4-14-26-52/h1-46,48,58H,47H2. The zero-order valence-corrected chi connectivity index (χ0v) is 40.8. The van der Waals surface area contributed by atoms with Crippen LogP contribution in [-0.2, 0) is 6.42 Å². The Kier molecular flexibility index (Phi) is 10.7. The number of rotatable bonds is 9. The van der Waals surface area contributed by atoms with Crippen molar-refractivity contribution in [3.05, 3.63) is 296 Å². The van der Waals surface area contributed by atoms with E-state index in [1.807, 2.05) is 0 Å². The quantitative estimate of drug-likeness (QED) is 0.136. The van der Waals surface area contributed by atoms with E-state index in [1.165, 1.54) is 94.1 Å². The monoisotopic (exact) mass is 942 g/mol. The number of nitrogens with zero attached hydrogens (tertiary/aromatic N) is 2. The lowest BCUT2D eigenvalue weighted by molar-refractivity contribution is 0.825. The van der Waals surface area contributed by atoms with Gasteiger partial charge in [0.1, 0.15) is 0 Å². The summed E-state index contributed by atoms with van der Waals surface area (Å²) in [5.41, 5.74) is 23.9. The summed E-state index contributed by atoms with van der Waals surface area (Å²) in [5, 5.41) is 3.72. The Morgan fingerprint density at radius 3 is 1.07 bits per heavy atom. The van der Waals surface area contributed by atoms with E-state index in [2.05, 4.69) is 294 Å². The highest BCUT2D eigenvalue weighted by Crippen LogP contribution is 2.44. The van der Waals surface area contributed by atoms with Gasteiger partial charge >= 0.3 is 0 Å². The second-order valence-electron chi connectivity index (χ2n) is 19.7. The van der Waals surface area contributed by atoms with Crippen LogP contribution in [0.4, 0.5) is 0 Å². The molecule has 0 aliphatic heterocycles. The minimum Gasteiger partial charge on any atom is -0.309 e. The van der Waals surface area contributed by atoms with Crippen molar-refractivity contribution in [2.45, 2.75) is 12.3 Å². The third-order valence-corrected chi connectivity index (χ3v) is 15.2. The lowest BCUT2D eigenvalue weighted by Crippen LogP contribution is -2.07. The molecule has 0 saturated carbocycles. The van der Waals surface area contributed by atoms with Crippen LogP contribution in [-0.4, -0.2) is 9.13 Å². The molecule has 11 aromatic carbocycles. The highest BCUT2D eigenvalue weighted by molar-refractivity contribution is 6.12. The summed E-state index contributed by atoms with van der Waals surface area (Å²) in [6.45, 7) is 0. The first-order valence-electron chi connectivity index (χ1n) is 25.7. The van der Waals surface area contributed by atoms with Crippen LogP contribution >= 0.6 is 0 Å². The molecule has 2 nitrogen and oxygen atoms in total. The zero-order valence-electron chi connectivity index (χ0n) is 40.8. The van der Waals surface area contributed by atoms with E-state index in [9.17, 15) is 0 Å². The van der Waals surface area contributed by atoms with Gasteiger partial charge < -0.3 is 9.13 Å². The molecule has 0 amide bonds. The third-order valence-electron chi connectivity index (χ3n) is 15.2. The Morgan fingerprint density at radius 1 is 0.270 bits per heavy atom. The van der Waals surface area contributed by atoms with Crippen LogP contribution in [0.15, 0.2) is 279 Å². The minimum absolute atomic E-state index is 0.265. The minimum atomic E-state index is 0.265. The molecule has 0 bridgehead atoms. The Bertz CT molecular complexity index is 4070. The first-order valence-corrected chi connectivity index (χ1v) is 25.7. The predicted octanol–water partition coefficient (Wildman–Crippen LogP) is 19.1. The summed E-state index contributed by atoms with van der Waals surface area (Å²) in [6, 6.07) is 100. The molecule has 0 spiro atoms. The summed E-state index contributed by atoms with van der Waals surface area (Å²) in [5.74, 6) is 0.265. The van der Waals surface area contributed by atoms with E-state index in [-0.39, 0.29) is 5.92 Å². The number of hydrogen-bond donors (Lipinski definition) is 0. The number of benzene rings is 11. The maximum absolute atomic E-state index is 2.54. The van der Waals surface area contributed by atoms with Crippen LogP contribution in [0.3, 0.4) is 0 Å². The number of aromatic nitrogens is 2. The predicted molar refractivity (Wildman–Crippen MR) is 312 cm³/mol. The van der Waals surface area contributed by atoms with Crippen LogP contribution in [0.25, 0.3) is 117 Å². The van der Waals surface area contributed by atoms with Gasteiger partial charge in [-0.05, 0) is 163 Å². The maximum atomic E-state index is 2.54. The molecule has 1 aliphatic carbocycles. The molecule has 0 saturated heterocycles. The van der Waals surface area contributed by atoms with Crippen molar-refractivity contribution in [1.82, 2.24) is 9.13 Å². The van der Waals surface area contributed by atoms with Crippen LogP contribution in [0.5, 0.6) is 0 Å². The lowest BCUT2D eigenvalue weighted by atomic mass is 9.86. The van der Waals surface area contributed by atoms with Gasteiger partial charge in [-0.2, -0.15) is 0 Å². The molecule has 1 aliphatic rings. The largest absolute Gasteiger partial charge is 0.309 e. The molecule has 0 fully saturated rings. The van der Waals surface area contributed by atoms with Crippen molar-refractivity contribution in [2.75, 3.05) is 0 Å². The third kappa shape index (κ3) is 7.76. The van der Waals surface area contributed by atoms with Gasteiger partial charge in [0.25, 0.3) is 0 Å². The van der Waals surface area contributed by atoms with E-state index in [0.717, 1.165) is 40.0 Å². The van der Waals surface area contributed by atoms with Gasteiger partial charge in [-0.3, -0.25) is 0 Å². The molecule has 14 rings (SSSR count). The van der Waals surface area contributed by atoms with Crippen molar-refractivity contribution < 1.29 is 0 Å². The number of hydrogen-bond acceptors (Lipinski definition) is 0. The summed E-state index contributed by atoms with van der Waals surface area (Å²) in [6.07, 6.45) is 5.72. The SMILES string of the molecule is C1=CC(c2ccccc2)Cc2c1n(-c1cc(-c3cc(-c4ccccc4)cc(-c4ccccc4)c3)cc(-n3c4ccc(-c5ccccc5)cc4c4cc(-c5ccccc5)ccc43)c1)c1ccc(-c3ccccc3)cc21. The first kappa shape index (κ1) is 43.3. The number of allylic oxidation sites excluding steroid dienone is 1. The van der Waals surface area contributed by atoms with Crippen LogP contribution < -0.4 is 0 Å². The van der Waals surface area contributed by atoms with E-state index in [4.69, 9.17) is 0 Å². The molecule has 2 heterocycles. The fourth-order valence-electron chi connectivity index (χ4n) is 11.6. The van der Waals surface area contributed by atoms with Crippen molar-refractivity contribution in [1.29, 1.82) is 0 Å². The molecule has 2 aromatic heterocycles. The molecule has 0 N–H and O–H groups in total. The van der Waals surface area contributed by atoms with Crippen LogP contribution in [0.1, 0.15) is 22.7 Å². The van der Waals surface area contributed by atoms with Crippen molar-refractivity contribution in [3.63, 3.8) is 0 Å². The van der Waals surface area contributed by atoms with E-state index in [1.54, 1.807) is 0 Å². The molecule has 1 unspecified atom stereocenters. The van der Waals surface area contributed by atoms with Crippen molar-refractivity contribution >= 4 is 38.8 Å². The second-order valence-corrected chi connectivity index (χ2v) is 19.7. The Labute approximate surface area is 432 Å². The normalized spacial score (nSPS) is 13.2. The molecular formula is C72H50N2. The second kappa shape index (κ2) is 18.3. The van der Waals surface area contributed by atoms with Crippen molar-refractivity contribution in [3.8, 4) is 78.1 Å². The molecule has 74 heavy (non-hydrogen) atoms. The molecule has 2 heteroatoms. The molecule has 348 valence electrons.